The van der Waals surface area contributed by atoms with E-state index < -0.39 is 0 Å². The third-order valence-electron chi connectivity index (χ3n) is 2.23. The monoisotopic (exact) mass is 300 g/mol. The van der Waals surface area contributed by atoms with E-state index in [-0.39, 0.29) is 20.4 Å². The Morgan fingerprint density at radius 1 is 0.938 bits per heavy atom. The van der Waals surface area contributed by atoms with Crippen molar-refractivity contribution in [2.45, 2.75) is 0 Å². The summed E-state index contributed by atoms with van der Waals surface area (Å²) in [5.41, 5.74) is 2.64. The van der Waals surface area contributed by atoms with Gasteiger partial charge in [-0.05, 0) is 29.0 Å². The zero-order valence-electron chi connectivity index (χ0n) is 8.28. The second-order valence-electron chi connectivity index (χ2n) is 3.25. The maximum absolute atomic E-state index is 4.41. The van der Waals surface area contributed by atoms with Gasteiger partial charge in [0.25, 0.3) is 0 Å². The molecule has 0 amide bonds. The Kier molecular flexibility index (Phi) is 3.14. The first-order valence-electron chi connectivity index (χ1n) is 4.74. The van der Waals surface area contributed by atoms with Crippen molar-refractivity contribution in [2.75, 3.05) is 0 Å². The van der Waals surface area contributed by atoms with Gasteiger partial charge in [-0.15, -0.1) is 0 Å². The van der Waals surface area contributed by atoms with Gasteiger partial charge in [0.2, 0.25) is 0 Å². The van der Waals surface area contributed by atoms with Gasteiger partial charge in [-0.2, -0.15) is 0 Å². The van der Waals surface area contributed by atoms with Crippen molar-refractivity contribution in [1.82, 2.24) is 15.0 Å². The van der Waals surface area contributed by atoms with Crippen LogP contribution in [0.15, 0.2) is 48.7 Å². The molecule has 3 rings (SSSR count). The second-order valence-corrected chi connectivity index (χ2v) is 3.25. The van der Waals surface area contributed by atoms with Gasteiger partial charge < -0.3 is 9.97 Å². The average Bonchev–Trinajstić information content (AvgIpc) is 2.74. The zero-order valence-corrected chi connectivity index (χ0v) is 9.83. The normalized spacial score (nSPS) is 10.0. The SMILES string of the molecule is [Pd].c1ccc(-c2nc3ccccc3[n-]2)nc1. The van der Waals surface area contributed by atoms with E-state index in [1.807, 2.05) is 42.5 Å². The molecule has 16 heavy (non-hydrogen) atoms. The van der Waals surface area contributed by atoms with Crippen LogP contribution in [-0.2, 0) is 20.4 Å². The van der Waals surface area contributed by atoms with Crippen LogP contribution in [0.1, 0.15) is 0 Å². The van der Waals surface area contributed by atoms with Crippen molar-refractivity contribution in [3.05, 3.63) is 48.7 Å². The van der Waals surface area contributed by atoms with Crippen LogP contribution in [0.2, 0.25) is 0 Å². The van der Waals surface area contributed by atoms with Gasteiger partial charge in [-0.25, -0.2) is 0 Å². The first-order valence-corrected chi connectivity index (χ1v) is 4.74. The Balaban J connectivity index is 0.000000963. The largest absolute Gasteiger partial charge is 0.434 e. The molecule has 0 N–H and O–H groups in total. The van der Waals surface area contributed by atoms with E-state index in [4.69, 9.17) is 0 Å². The average molecular weight is 301 g/mol. The molecule has 3 nitrogen and oxygen atoms in total. The number of nitrogens with zero attached hydrogens (tertiary/aromatic N) is 3. The summed E-state index contributed by atoms with van der Waals surface area (Å²) in [6.45, 7) is 0. The summed E-state index contributed by atoms with van der Waals surface area (Å²) in [4.78, 5) is 13.0. The Morgan fingerprint density at radius 2 is 1.75 bits per heavy atom. The quantitative estimate of drug-likeness (QED) is 0.647. The molecular formula is C12H8N3Pd-. The molecule has 0 bridgehead atoms. The molecule has 0 atom stereocenters. The number of pyridine rings is 1. The number of rotatable bonds is 1. The first-order chi connectivity index (χ1) is 7.43. The molecule has 4 heteroatoms. The van der Waals surface area contributed by atoms with E-state index in [2.05, 4.69) is 15.0 Å². The predicted molar refractivity (Wildman–Crippen MR) is 58.3 cm³/mol. The van der Waals surface area contributed by atoms with Crippen molar-refractivity contribution < 1.29 is 20.4 Å². The van der Waals surface area contributed by atoms with Gasteiger partial charge in [0.1, 0.15) is 0 Å². The van der Waals surface area contributed by atoms with Crippen molar-refractivity contribution in [2.24, 2.45) is 0 Å². The Labute approximate surface area is 107 Å². The molecule has 0 fully saturated rings. The van der Waals surface area contributed by atoms with E-state index in [0.717, 1.165) is 16.7 Å². The maximum Gasteiger partial charge on any atom is 0.0620 e. The van der Waals surface area contributed by atoms with E-state index in [1.165, 1.54) is 0 Å². The van der Waals surface area contributed by atoms with Crippen LogP contribution in [0.4, 0.5) is 0 Å². The molecule has 2 heterocycles. The smallest absolute Gasteiger partial charge is 0.0620 e. The topological polar surface area (TPSA) is 39.9 Å². The third-order valence-corrected chi connectivity index (χ3v) is 2.23. The number of fused-ring (bicyclic) bond motifs is 1. The molecule has 1 aromatic carbocycles. The molecule has 2 aromatic heterocycles. The van der Waals surface area contributed by atoms with E-state index in [9.17, 15) is 0 Å². The molecule has 0 saturated carbocycles. The molecule has 0 unspecified atom stereocenters. The Hall–Kier alpha value is -1.50. The maximum atomic E-state index is 4.41. The summed E-state index contributed by atoms with van der Waals surface area (Å²) in [7, 11) is 0. The van der Waals surface area contributed by atoms with Crippen LogP contribution in [0.3, 0.4) is 0 Å². The van der Waals surface area contributed by atoms with Crippen LogP contribution >= 0.6 is 0 Å². The Bertz CT molecular complexity index is 556. The number of hydrogen-bond donors (Lipinski definition) is 0. The molecule has 0 aliphatic heterocycles. The van der Waals surface area contributed by atoms with Crippen molar-refractivity contribution in [3.63, 3.8) is 0 Å². The summed E-state index contributed by atoms with van der Waals surface area (Å²) in [6.07, 6.45) is 1.75. The van der Waals surface area contributed by atoms with Crippen LogP contribution in [0.5, 0.6) is 0 Å². The van der Waals surface area contributed by atoms with E-state index in [0.29, 0.717) is 5.82 Å². The summed E-state index contributed by atoms with van der Waals surface area (Å²) in [5.74, 6) is 0.691. The van der Waals surface area contributed by atoms with Gasteiger partial charge in [-0.3, -0.25) is 4.98 Å². The van der Waals surface area contributed by atoms with Gasteiger partial charge in [0, 0.05) is 26.6 Å². The summed E-state index contributed by atoms with van der Waals surface area (Å²) in [5, 5.41) is 0. The van der Waals surface area contributed by atoms with Gasteiger partial charge in [0.15, 0.2) is 0 Å². The molecule has 3 aromatic rings. The summed E-state index contributed by atoms with van der Waals surface area (Å²) >= 11 is 0. The first kappa shape index (κ1) is 11.0. The predicted octanol–water partition coefficient (Wildman–Crippen LogP) is 2.25. The zero-order chi connectivity index (χ0) is 10.1. The number of benzene rings is 1. The third kappa shape index (κ3) is 1.90. The van der Waals surface area contributed by atoms with Gasteiger partial charge in [-0.1, -0.05) is 30.3 Å². The van der Waals surface area contributed by atoms with Crippen molar-refractivity contribution in [3.8, 4) is 11.5 Å². The van der Waals surface area contributed by atoms with Crippen LogP contribution in [0, 0.1) is 0 Å². The van der Waals surface area contributed by atoms with Crippen molar-refractivity contribution in [1.29, 1.82) is 0 Å². The van der Waals surface area contributed by atoms with Crippen molar-refractivity contribution >= 4 is 11.0 Å². The number of aromatic nitrogens is 3. The minimum absolute atomic E-state index is 0. The molecule has 0 aliphatic carbocycles. The van der Waals surface area contributed by atoms with Crippen LogP contribution in [0.25, 0.3) is 22.6 Å². The second kappa shape index (κ2) is 4.56. The number of hydrogen-bond acceptors (Lipinski definition) is 2. The molecular weight excluding hydrogens is 293 g/mol. The summed E-state index contributed by atoms with van der Waals surface area (Å²) < 4.78 is 0. The number of imidazole rings is 1. The van der Waals surface area contributed by atoms with Crippen LogP contribution in [-0.4, -0.2) is 9.97 Å². The Morgan fingerprint density at radius 3 is 2.50 bits per heavy atom. The fraction of sp³-hybridized carbons (Fsp3) is 0. The minimum Gasteiger partial charge on any atom is -0.434 e. The molecule has 0 saturated heterocycles. The molecule has 0 aliphatic rings. The standard InChI is InChI=1S/C12H8N3.Pd/c1-2-6-10-9(5-1)14-12(15-10)11-7-3-4-8-13-11;/h1-8H;/q-1;. The summed E-state index contributed by atoms with van der Waals surface area (Å²) in [6, 6.07) is 13.5. The van der Waals surface area contributed by atoms with Gasteiger partial charge in [0.05, 0.1) is 5.69 Å². The molecule has 0 radical (unpaired) electrons. The van der Waals surface area contributed by atoms with Crippen LogP contribution < -0.4 is 4.98 Å². The van der Waals surface area contributed by atoms with Gasteiger partial charge >= 0.3 is 0 Å². The minimum atomic E-state index is 0. The fourth-order valence-corrected chi connectivity index (χ4v) is 1.52. The molecule has 82 valence electrons. The number of para-hydroxylation sites is 2. The van der Waals surface area contributed by atoms with E-state index >= 15 is 0 Å². The fourth-order valence-electron chi connectivity index (χ4n) is 1.52. The van der Waals surface area contributed by atoms with E-state index in [1.54, 1.807) is 6.20 Å². The molecule has 0 spiro atoms.